The van der Waals surface area contributed by atoms with Crippen molar-refractivity contribution in [2.24, 2.45) is 14.1 Å². The Hall–Kier alpha value is -2.23. The van der Waals surface area contributed by atoms with Gasteiger partial charge in [0.25, 0.3) is 0 Å². The first-order chi connectivity index (χ1) is 8.58. The van der Waals surface area contributed by atoms with Crippen LogP contribution in [0.5, 0.6) is 0 Å². The van der Waals surface area contributed by atoms with Gasteiger partial charge in [0.1, 0.15) is 5.82 Å². The lowest BCUT2D eigenvalue weighted by Gasteiger charge is -1.99. The quantitative estimate of drug-likeness (QED) is 0.710. The number of anilines is 1. The topological polar surface area (TPSA) is 48.8 Å². The van der Waals surface area contributed by atoms with Gasteiger partial charge in [-0.15, -0.1) is 0 Å². The molecule has 0 radical (unpaired) electrons. The van der Waals surface area contributed by atoms with Crippen molar-refractivity contribution in [3.63, 3.8) is 0 Å². The predicted molar refractivity (Wildman–Crippen MR) is 74.3 cm³/mol. The first-order valence-electron chi connectivity index (χ1n) is 5.92. The smallest absolute Gasteiger partial charge is 0.121 e. The van der Waals surface area contributed by atoms with Crippen molar-refractivity contribution in [1.29, 1.82) is 0 Å². The highest BCUT2D eigenvalue weighted by Crippen LogP contribution is 2.32. The van der Waals surface area contributed by atoms with E-state index < -0.39 is 0 Å². The molecule has 92 valence electrons. The summed E-state index contributed by atoms with van der Waals surface area (Å²) in [6, 6.07) is 8.24. The number of aromatic nitrogens is 3. The minimum absolute atomic E-state index is 0.676. The van der Waals surface area contributed by atoms with Crippen LogP contribution in [0.2, 0.25) is 0 Å². The molecule has 0 aliphatic carbocycles. The SMILES string of the molecule is Cc1cccc2c1c(-c1cc(N)n(C)n1)cn2C. The molecule has 0 spiro atoms. The van der Waals surface area contributed by atoms with Crippen LogP contribution < -0.4 is 5.73 Å². The number of nitrogens with two attached hydrogens (primary N) is 1. The summed E-state index contributed by atoms with van der Waals surface area (Å²) in [5.41, 5.74) is 10.4. The van der Waals surface area contributed by atoms with Gasteiger partial charge in [-0.1, -0.05) is 12.1 Å². The lowest BCUT2D eigenvalue weighted by atomic mass is 10.1. The molecule has 0 amide bonds. The Morgan fingerprint density at radius 3 is 2.67 bits per heavy atom. The van der Waals surface area contributed by atoms with Crippen LogP contribution in [0.4, 0.5) is 5.82 Å². The summed E-state index contributed by atoms with van der Waals surface area (Å²) in [6.07, 6.45) is 2.11. The van der Waals surface area contributed by atoms with Gasteiger partial charge in [-0.25, -0.2) is 0 Å². The average Bonchev–Trinajstić information content (AvgIpc) is 2.83. The molecule has 1 aromatic carbocycles. The van der Waals surface area contributed by atoms with Gasteiger partial charge < -0.3 is 10.3 Å². The van der Waals surface area contributed by atoms with Gasteiger partial charge >= 0.3 is 0 Å². The van der Waals surface area contributed by atoms with Crippen LogP contribution >= 0.6 is 0 Å². The van der Waals surface area contributed by atoms with Crippen LogP contribution in [0.3, 0.4) is 0 Å². The molecule has 0 saturated heterocycles. The van der Waals surface area contributed by atoms with Crippen molar-refractivity contribution in [2.45, 2.75) is 6.92 Å². The number of aryl methyl sites for hydroxylation is 3. The minimum Gasteiger partial charge on any atom is -0.384 e. The summed E-state index contributed by atoms with van der Waals surface area (Å²) < 4.78 is 3.83. The fraction of sp³-hybridized carbons (Fsp3) is 0.214. The van der Waals surface area contributed by atoms with E-state index in [4.69, 9.17) is 5.73 Å². The van der Waals surface area contributed by atoms with E-state index in [-0.39, 0.29) is 0 Å². The second-order valence-electron chi connectivity index (χ2n) is 4.70. The fourth-order valence-electron chi connectivity index (χ4n) is 2.43. The zero-order valence-electron chi connectivity index (χ0n) is 10.8. The number of hydrogen-bond donors (Lipinski definition) is 1. The maximum Gasteiger partial charge on any atom is 0.121 e. The Kier molecular flexibility index (Phi) is 2.20. The first-order valence-corrected chi connectivity index (χ1v) is 5.92. The molecular formula is C14H16N4. The van der Waals surface area contributed by atoms with Gasteiger partial charge in [0.2, 0.25) is 0 Å². The van der Waals surface area contributed by atoms with Crippen LogP contribution in [-0.2, 0) is 14.1 Å². The Balaban J connectivity index is 2.36. The fourth-order valence-corrected chi connectivity index (χ4v) is 2.43. The number of rotatable bonds is 1. The number of fused-ring (bicyclic) bond motifs is 1. The second kappa shape index (κ2) is 3.63. The summed E-state index contributed by atoms with van der Waals surface area (Å²) in [7, 11) is 3.91. The molecule has 2 heterocycles. The van der Waals surface area contributed by atoms with E-state index >= 15 is 0 Å². The third-order valence-electron chi connectivity index (χ3n) is 3.41. The molecule has 4 heteroatoms. The summed E-state index contributed by atoms with van der Waals surface area (Å²) in [6.45, 7) is 2.12. The number of nitrogens with zero attached hydrogens (tertiary/aromatic N) is 3. The van der Waals surface area contributed by atoms with E-state index in [1.807, 2.05) is 13.1 Å². The van der Waals surface area contributed by atoms with Crippen molar-refractivity contribution >= 4 is 16.7 Å². The molecule has 0 aliphatic heterocycles. The molecule has 4 nitrogen and oxygen atoms in total. The Morgan fingerprint density at radius 1 is 1.22 bits per heavy atom. The maximum atomic E-state index is 5.86. The van der Waals surface area contributed by atoms with E-state index in [0.717, 1.165) is 11.3 Å². The van der Waals surface area contributed by atoms with E-state index in [1.54, 1.807) is 4.68 Å². The summed E-state index contributed by atoms with van der Waals surface area (Å²) in [4.78, 5) is 0. The monoisotopic (exact) mass is 240 g/mol. The highest BCUT2D eigenvalue weighted by atomic mass is 15.3. The highest BCUT2D eigenvalue weighted by molar-refractivity contribution is 5.97. The van der Waals surface area contributed by atoms with Gasteiger partial charge in [-0.05, 0) is 18.6 Å². The summed E-state index contributed by atoms with van der Waals surface area (Å²) in [5, 5.41) is 5.71. The molecule has 0 bridgehead atoms. The van der Waals surface area contributed by atoms with Gasteiger partial charge in [0.15, 0.2) is 0 Å². The number of benzene rings is 1. The molecule has 2 aromatic heterocycles. The molecule has 0 unspecified atom stereocenters. The normalized spacial score (nSPS) is 11.3. The third kappa shape index (κ3) is 1.42. The molecule has 0 fully saturated rings. The van der Waals surface area contributed by atoms with Crippen LogP contribution in [0, 0.1) is 6.92 Å². The molecule has 3 aromatic rings. The Bertz CT molecular complexity index is 714. The van der Waals surface area contributed by atoms with Crippen LogP contribution in [-0.4, -0.2) is 14.3 Å². The molecule has 0 saturated carbocycles. The number of hydrogen-bond acceptors (Lipinski definition) is 2. The standard InChI is InChI=1S/C14H16N4/c1-9-5-4-6-12-14(9)10(8-17(12)2)11-7-13(15)18(3)16-11/h4-8H,15H2,1-3H3. The average molecular weight is 240 g/mol. The molecule has 0 atom stereocenters. The van der Waals surface area contributed by atoms with Crippen molar-refractivity contribution in [2.75, 3.05) is 5.73 Å². The first kappa shape index (κ1) is 10.9. The van der Waals surface area contributed by atoms with E-state index in [0.29, 0.717) is 5.82 Å². The summed E-state index contributed by atoms with van der Waals surface area (Å²) in [5.74, 6) is 0.676. The number of nitrogen functional groups attached to an aromatic ring is 1. The second-order valence-corrected chi connectivity index (χ2v) is 4.70. The Morgan fingerprint density at radius 2 is 2.00 bits per heavy atom. The van der Waals surface area contributed by atoms with Crippen LogP contribution in [0.1, 0.15) is 5.56 Å². The largest absolute Gasteiger partial charge is 0.384 e. The lowest BCUT2D eigenvalue weighted by Crippen LogP contribution is -1.96. The minimum atomic E-state index is 0.676. The lowest BCUT2D eigenvalue weighted by molar-refractivity contribution is 0.782. The highest BCUT2D eigenvalue weighted by Gasteiger charge is 2.13. The van der Waals surface area contributed by atoms with Gasteiger partial charge in [0, 0.05) is 42.8 Å². The van der Waals surface area contributed by atoms with Crippen molar-refractivity contribution in [3.05, 3.63) is 36.0 Å². The van der Waals surface area contributed by atoms with Gasteiger partial charge in [0.05, 0.1) is 5.69 Å². The maximum absolute atomic E-state index is 5.86. The van der Waals surface area contributed by atoms with Crippen molar-refractivity contribution < 1.29 is 0 Å². The van der Waals surface area contributed by atoms with Gasteiger partial charge in [-0.3, -0.25) is 4.68 Å². The molecule has 2 N–H and O–H groups in total. The van der Waals surface area contributed by atoms with Crippen LogP contribution in [0.15, 0.2) is 30.5 Å². The molecule has 0 aliphatic rings. The molecule has 3 rings (SSSR count). The zero-order chi connectivity index (χ0) is 12.9. The van der Waals surface area contributed by atoms with Crippen LogP contribution in [0.25, 0.3) is 22.2 Å². The Labute approximate surface area is 106 Å². The molecule has 18 heavy (non-hydrogen) atoms. The van der Waals surface area contributed by atoms with E-state index in [2.05, 4.69) is 48.0 Å². The van der Waals surface area contributed by atoms with E-state index in [1.165, 1.54) is 16.5 Å². The van der Waals surface area contributed by atoms with Gasteiger partial charge in [-0.2, -0.15) is 5.10 Å². The third-order valence-corrected chi connectivity index (χ3v) is 3.41. The summed E-state index contributed by atoms with van der Waals surface area (Å²) >= 11 is 0. The van der Waals surface area contributed by atoms with Crippen molar-refractivity contribution in [3.8, 4) is 11.3 Å². The molecular weight excluding hydrogens is 224 g/mol. The zero-order valence-corrected chi connectivity index (χ0v) is 10.8. The van der Waals surface area contributed by atoms with E-state index in [9.17, 15) is 0 Å². The predicted octanol–water partition coefficient (Wildman–Crippen LogP) is 2.47. The van der Waals surface area contributed by atoms with Crippen molar-refractivity contribution in [1.82, 2.24) is 14.3 Å².